The van der Waals surface area contributed by atoms with E-state index in [0.29, 0.717) is 10.6 Å². The minimum Gasteiger partial charge on any atom is -0.192 e. The van der Waals surface area contributed by atoms with E-state index in [-0.39, 0.29) is 0 Å². The van der Waals surface area contributed by atoms with Crippen molar-refractivity contribution in [3.8, 4) is 29.8 Å². The minimum absolute atomic E-state index is 0.575. The number of rotatable bonds is 0. The molecule has 0 radical (unpaired) electrons. The first-order chi connectivity index (χ1) is 10.3. The fraction of sp³-hybridized carbons (Fsp3) is 0. The number of allylic oxidation sites excluding steroid dienone is 2. The molecule has 2 aromatic rings. The Morgan fingerprint density at radius 2 is 1.43 bits per heavy atom. The lowest BCUT2D eigenvalue weighted by Gasteiger charge is -1.91. The van der Waals surface area contributed by atoms with E-state index in [1.807, 2.05) is 30.3 Å². The second kappa shape index (κ2) is 7.62. The Morgan fingerprint density at radius 1 is 0.810 bits per heavy atom. The van der Waals surface area contributed by atoms with Crippen LogP contribution >= 0.6 is 11.6 Å². The molecule has 0 N–H and O–H groups in total. The van der Waals surface area contributed by atoms with Crippen molar-refractivity contribution in [3.63, 3.8) is 0 Å². The smallest absolute Gasteiger partial charge is 0.100 e. The van der Waals surface area contributed by atoms with Crippen LogP contribution in [0.15, 0.2) is 60.7 Å². The second-order valence-electron chi connectivity index (χ2n) is 4.04. The molecular weight excluding hydrogens is 278 g/mol. The van der Waals surface area contributed by atoms with E-state index >= 15 is 0 Å². The van der Waals surface area contributed by atoms with E-state index in [1.54, 1.807) is 30.4 Å². The predicted octanol–water partition coefficient (Wildman–Crippen LogP) is 4.17. The molecule has 0 saturated carbocycles. The third kappa shape index (κ3) is 4.59. The topological polar surface area (TPSA) is 23.8 Å². The maximum atomic E-state index is 8.94. The van der Waals surface area contributed by atoms with Gasteiger partial charge in [0.2, 0.25) is 0 Å². The number of nitrogens with zero attached hydrogens (tertiary/aromatic N) is 1. The largest absolute Gasteiger partial charge is 0.192 e. The fourth-order valence-electron chi connectivity index (χ4n) is 1.55. The summed E-state index contributed by atoms with van der Waals surface area (Å²) in [5.74, 6) is 11.7. The normalized spacial score (nSPS) is 9.14. The van der Waals surface area contributed by atoms with Crippen LogP contribution in [0.3, 0.4) is 0 Å². The van der Waals surface area contributed by atoms with Crippen molar-refractivity contribution < 1.29 is 0 Å². The molecule has 0 saturated heterocycles. The summed E-state index contributed by atoms with van der Waals surface area (Å²) in [7, 11) is 0. The maximum absolute atomic E-state index is 8.94. The molecule has 2 rings (SSSR count). The first-order valence-electron chi connectivity index (χ1n) is 6.22. The lowest BCUT2D eigenvalue weighted by Crippen LogP contribution is -1.80. The molecule has 0 atom stereocenters. The Kier molecular flexibility index (Phi) is 5.25. The molecule has 0 aliphatic carbocycles. The van der Waals surface area contributed by atoms with Crippen LogP contribution in [-0.2, 0) is 0 Å². The zero-order valence-electron chi connectivity index (χ0n) is 11.1. The Balaban J connectivity index is 2.03. The lowest BCUT2D eigenvalue weighted by molar-refractivity contribution is 1.47. The van der Waals surface area contributed by atoms with Gasteiger partial charge in [-0.15, -0.1) is 0 Å². The first kappa shape index (κ1) is 14.5. The van der Waals surface area contributed by atoms with Gasteiger partial charge >= 0.3 is 0 Å². The molecule has 0 aliphatic heterocycles. The van der Waals surface area contributed by atoms with E-state index in [4.69, 9.17) is 16.9 Å². The summed E-state index contributed by atoms with van der Waals surface area (Å²) in [4.78, 5) is 0. The van der Waals surface area contributed by atoms with Crippen LogP contribution in [0.25, 0.3) is 0 Å². The number of hydrogen-bond acceptors (Lipinski definition) is 1. The van der Waals surface area contributed by atoms with Crippen LogP contribution < -0.4 is 0 Å². The number of halogens is 1. The van der Waals surface area contributed by atoms with Crippen LogP contribution in [0.4, 0.5) is 0 Å². The van der Waals surface area contributed by atoms with E-state index in [0.717, 1.165) is 11.1 Å². The molecule has 0 aliphatic rings. The molecule has 98 valence electrons. The van der Waals surface area contributed by atoms with Crippen LogP contribution in [0, 0.1) is 35.0 Å². The standard InChI is InChI=1S/C19H10ClN/c20-19-13-11-16(12-14-19)7-3-1-2-4-8-17-9-5-6-10-18(17)15-21/h1-2,5-6,9-14H. The number of nitriles is 1. The van der Waals surface area contributed by atoms with E-state index in [9.17, 15) is 0 Å². The molecule has 0 aromatic heterocycles. The third-order valence-corrected chi connectivity index (χ3v) is 2.82. The molecule has 0 bridgehead atoms. The Bertz CT molecular complexity index is 816. The highest BCUT2D eigenvalue weighted by atomic mass is 35.5. The Morgan fingerprint density at radius 3 is 2.10 bits per heavy atom. The van der Waals surface area contributed by atoms with Gasteiger partial charge in [-0.2, -0.15) is 5.26 Å². The van der Waals surface area contributed by atoms with E-state index < -0.39 is 0 Å². The lowest BCUT2D eigenvalue weighted by atomic mass is 10.1. The number of hydrogen-bond donors (Lipinski definition) is 0. The van der Waals surface area contributed by atoms with Crippen molar-refractivity contribution in [2.75, 3.05) is 0 Å². The summed E-state index contributed by atoms with van der Waals surface area (Å²) in [5.41, 5.74) is 2.19. The molecule has 0 amide bonds. The highest BCUT2D eigenvalue weighted by Crippen LogP contribution is 2.08. The maximum Gasteiger partial charge on any atom is 0.100 e. The van der Waals surface area contributed by atoms with Gasteiger partial charge in [0.15, 0.2) is 0 Å². The zero-order chi connectivity index (χ0) is 14.9. The van der Waals surface area contributed by atoms with Gasteiger partial charge in [0, 0.05) is 16.1 Å². The average molecular weight is 288 g/mol. The Labute approximate surface area is 129 Å². The molecule has 0 heterocycles. The van der Waals surface area contributed by atoms with E-state index in [2.05, 4.69) is 29.8 Å². The predicted molar refractivity (Wildman–Crippen MR) is 85.5 cm³/mol. The van der Waals surface area contributed by atoms with Crippen LogP contribution in [0.5, 0.6) is 0 Å². The molecule has 1 nitrogen and oxygen atoms in total. The monoisotopic (exact) mass is 287 g/mol. The SMILES string of the molecule is N#Cc1ccccc1C#CC=CC#Cc1ccc(Cl)cc1. The molecule has 2 aromatic carbocycles. The van der Waals surface area contributed by atoms with Crippen molar-refractivity contribution in [3.05, 3.63) is 82.4 Å². The van der Waals surface area contributed by atoms with Crippen molar-refractivity contribution in [2.45, 2.75) is 0 Å². The molecule has 21 heavy (non-hydrogen) atoms. The van der Waals surface area contributed by atoms with Crippen molar-refractivity contribution in [2.24, 2.45) is 0 Å². The van der Waals surface area contributed by atoms with Crippen molar-refractivity contribution in [1.82, 2.24) is 0 Å². The van der Waals surface area contributed by atoms with Gasteiger partial charge in [0.1, 0.15) is 6.07 Å². The zero-order valence-corrected chi connectivity index (χ0v) is 11.9. The summed E-state index contributed by atoms with van der Waals surface area (Å²) in [6, 6.07) is 16.7. The summed E-state index contributed by atoms with van der Waals surface area (Å²) >= 11 is 5.79. The summed E-state index contributed by atoms with van der Waals surface area (Å²) in [5, 5.41) is 9.63. The van der Waals surface area contributed by atoms with Gasteiger partial charge in [0.05, 0.1) is 5.56 Å². The Hall–Kier alpha value is -2.92. The summed E-state index contributed by atoms with van der Waals surface area (Å²) in [6.07, 6.45) is 3.34. The van der Waals surface area contributed by atoms with Gasteiger partial charge in [-0.05, 0) is 48.6 Å². The molecule has 2 heteroatoms. The van der Waals surface area contributed by atoms with E-state index in [1.165, 1.54) is 0 Å². The molecule has 0 fully saturated rings. The van der Waals surface area contributed by atoms with Gasteiger partial charge in [-0.3, -0.25) is 0 Å². The van der Waals surface area contributed by atoms with Gasteiger partial charge in [-0.1, -0.05) is 47.4 Å². The second-order valence-corrected chi connectivity index (χ2v) is 4.47. The van der Waals surface area contributed by atoms with Gasteiger partial charge < -0.3 is 0 Å². The van der Waals surface area contributed by atoms with Crippen molar-refractivity contribution >= 4 is 11.6 Å². The van der Waals surface area contributed by atoms with Crippen LogP contribution in [0.2, 0.25) is 5.02 Å². The number of benzene rings is 2. The summed E-state index contributed by atoms with van der Waals surface area (Å²) in [6.45, 7) is 0. The average Bonchev–Trinajstić information content (AvgIpc) is 2.53. The summed E-state index contributed by atoms with van der Waals surface area (Å²) < 4.78 is 0. The van der Waals surface area contributed by atoms with Crippen LogP contribution in [0.1, 0.15) is 16.7 Å². The fourth-order valence-corrected chi connectivity index (χ4v) is 1.68. The van der Waals surface area contributed by atoms with Gasteiger partial charge in [0.25, 0.3) is 0 Å². The highest BCUT2D eigenvalue weighted by molar-refractivity contribution is 6.30. The van der Waals surface area contributed by atoms with Crippen LogP contribution in [-0.4, -0.2) is 0 Å². The quantitative estimate of drug-likeness (QED) is 0.667. The first-order valence-corrected chi connectivity index (χ1v) is 6.60. The van der Waals surface area contributed by atoms with Crippen molar-refractivity contribution in [1.29, 1.82) is 5.26 Å². The molecule has 0 spiro atoms. The third-order valence-electron chi connectivity index (χ3n) is 2.57. The highest BCUT2D eigenvalue weighted by Gasteiger charge is 1.94. The van der Waals surface area contributed by atoms with Gasteiger partial charge in [-0.25, -0.2) is 0 Å². The molecule has 0 unspecified atom stereocenters. The molecular formula is C19H10ClN. The minimum atomic E-state index is 0.575.